The summed E-state index contributed by atoms with van der Waals surface area (Å²) in [7, 11) is 1.33. The van der Waals surface area contributed by atoms with Crippen molar-refractivity contribution in [2.45, 2.75) is 24.5 Å². The third kappa shape index (κ3) is 6.26. The summed E-state index contributed by atoms with van der Waals surface area (Å²) in [5.74, 6) is -0.168. The smallest absolute Gasteiger partial charge is 0.328 e. The van der Waals surface area contributed by atoms with Crippen molar-refractivity contribution >= 4 is 11.9 Å². The van der Waals surface area contributed by atoms with Crippen LogP contribution in [0.15, 0.2) is 146 Å². The molecule has 210 valence electrons. The first-order chi connectivity index (χ1) is 20.6. The Morgan fingerprint density at radius 2 is 1.12 bits per heavy atom. The molecule has 0 aliphatic rings. The zero-order valence-corrected chi connectivity index (χ0v) is 23.5. The van der Waals surface area contributed by atoms with Crippen molar-refractivity contribution in [3.63, 3.8) is 0 Å². The third-order valence-corrected chi connectivity index (χ3v) is 7.34. The summed E-state index contributed by atoms with van der Waals surface area (Å²) in [4.78, 5) is 27.8. The molecule has 0 aromatic heterocycles. The van der Waals surface area contributed by atoms with Crippen LogP contribution < -0.4 is 10.1 Å². The number of carbonyl (C=O) groups excluding carboxylic acids is 2. The standard InChI is InChI=1S/C37H33NO4/c1-41-35(39)34(26-29-17-14-24-33(25-29)42-27-28-15-6-2-7-16-28)38-36(40)37(30-18-8-3-9-19-30,31-20-10-4-11-21-31)32-22-12-5-13-23-32/h2-25,34H,26-27H2,1H3,(H,38,40)/t34-/m1/s1. The molecule has 0 spiro atoms. The van der Waals surface area contributed by atoms with Gasteiger partial charge in [0.05, 0.1) is 7.11 Å². The van der Waals surface area contributed by atoms with Crippen LogP contribution >= 0.6 is 0 Å². The highest BCUT2D eigenvalue weighted by Crippen LogP contribution is 2.39. The van der Waals surface area contributed by atoms with Gasteiger partial charge < -0.3 is 14.8 Å². The molecule has 0 aliphatic carbocycles. The van der Waals surface area contributed by atoms with E-state index < -0.39 is 17.4 Å². The van der Waals surface area contributed by atoms with Crippen LogP contribution in [0.2, 0.25) is 0 Å². The predicted molar refractivity (Wildman–Crippen MR) is 164 cm³/mol. The first-order valence-corrected chi connectivity index (χ1v) is 13.9. The van der Waals surface area contributed by atoms with Crippen molar-refractivity contribution in [2.24, 2.45) is 0 Å². The molecule has 5 heteroatoms. The third-order valence-electron chi connectivity index (χ3n) is 7.34. The fraction of sp³-hybridized carbons (Fsp3) is 0.135. The van der Waals surface area contributed by atoms with Gasteiger partial charge in [-0.3, -0.25) is 4.79 Å². The lowest BCUT2D eigenvalue weighted by atomic mass is 9.68. The molecule has 1 atom stereocenters. The van der Waals surface area contributed by atoms with Crippen LogP contribution in [0.5, 0.6) is 5.75 Å². The second-order valence-electron chi connectivity index (χ2n) is 10.0. The molecule has 5 aromatic rings. The second-order valence-corrected chi connectivity index (χ2v) is 10.0. The van der Waals surface area contributed by atoms with Gasteiger partial charge in [-0.15, -0.1) is 0 Å². The Balaban J connectivity index is 1.49. The summed E-state index contributed by atoms with van der Waals surface area (Å²) in [6, 6.07) is 45.5. The van der Waals surface area contributed by atoms with Gasteiger partial charge in [0.25, 0.3) is 0 Å². The summed E-state index contributed by atoms with van der Waals surface area (Å²) in [6.07, 6.45) is 0.232. The number of hydrogen-bond acceptors (Lipinski definition) is 4. The number of rotatable bonds is 11. The van der Waals surface area contributed by atoms with Gasteiger partial charge in [-0.1, -0.05) is 133 Å². The van der Waals surface area contributed by atoms with Gasteiger partial charge >= 0.3 is 5.97 Å². The summed E-state index contributed by atoms with van der Waals surface area (Å²) in [6.45, 7) is 0.426. The van der Waals surface area contributed by atoms with E-state index >= 15 is 0 Å². The molecule has 0 heterocycles. The summed E-state index contributed by atoms with van der Waals surface area (Å²) in [5, 5.41) is 3.08. The first-order valence-electron chi connectivity index (χ1n) is 13.9. The molecule has 0 unspecified atom stereocenters. The molecule has 5 nitrogen and oxygen atoms in total. The van der Waals surface area contributed by atoms with Gasteiger partial charge in [-0.2, -0.15) is 0 Å². The average Bonchev–Trinajstić information content (AvgIpc) is 3.06. The van der Waals surface area contributed by atoms with Crippen molar-refractivity contribution in [1.29, 1.82) is 0 Å². The molecule has 42 heavy (non-hydrogen) atoms. The molecule has 1 N–H and O–H groups in total. The van der Waals surface area contributed by atoms with Crippen LogP contribution in [-0.4, -0.2) is 25.0 Å². The Labute approximate surface area is 246 Å². The van der Waals surface area contributed by atoms with Crippen LogP contribution in [0.3, 0.4) is 0 Å². The monoisotopic (exact) mass is 555 g/mol. The average molecular weight is 556 g/mol. The number of methoxy groups -OCH3 is 1. The molecular formula is C37H33NO4. The number of ether oxygens (including phenoxy) is 2. The Bertz CT molecular complexity index is 1490. The van der Waals surface area contributed by atoms with Gasteiger partial charge in [-0.05, 0) is 39.9 Å². The summed E-state index contributed by atoms with van der Waals surface area (Å²) < 4.78 is 11.2. The number of nitrogens with one attached hydrogen (secondary N) is 1. The number of carbonyl (C=O) groups is 2. The maximum atomic E-state index is 14.7. The molecule has 0 radical (unpaired) electrons. The Morgan fingerprint density at radius 3 is 1.62 bits per heavy atom. The van der Waals surface area contributed by atoms with E-state index in [2.05, 4.69) is 5.32 Å². The maximum Gasteiger partial charge on any atom is 0.328 e. The Hall–Kier alpha value is -5.16. The minimum atomic E-state index is -1.21. The van der Waals surface area contributed by atoms with Crippen LogP contribution in [0.4, 0.5) is 0 Å². The van der Waals surface area contributed by atoms with Crippen molar-refractivity contribution in [3.05, 3.63) is 173 Å². The molecular weight excluding hydrogens is 522 g/mol. The van der Waals surface area contributed by atoms with E-state index in [4.69, 9.17) is 9.47 Å². The lowest BCUT2D eigenvalue weighted by Crippen LogP contribution is -2.52. The SMILES string of the molecule is COC(=O)[C@@H](Cc1cccc(OCc2ccccc2)c1)NC(=O)C(c1ccccc1)(c1ccccc1)c1ccccc1. The highest BCUT2D eigenvalue weighted by atomic mass is 16.5. The normalized spacial score (nSPS) is 11.7. The van der Waals surface area contributed by atoms with E-state index in [1.54, 1.807) is 0 Å². The minimum absolute atomic E-state index is 0.232. The fourth-order valence-corrected chi connectivity index (χ4v) is 5.30. The largest absolute Gasteiger partial charge is 0.489 e. The molecule has 0 aliphatic heterocycles. The molecule has 0 bridgehead atoms. The van der Waals surface area contributed by atoms with E-state index in [-0.39, 0.29) is 12.3 Å². The van der Waals surface area contributed by atoms with Crippen LogP contribution in [0.25, 0.3) is 0 Å². The number of amides is 1. The topological polar surface area (TPSA) is 64.6 Å². The van der Waals surface area contributed by atoms with Gasteiger partial charge in [0, 0.05) is 6.42 Å². The molecule has 5 rings (SSSR count). The van der Waals surface area contributed by atoms with Crippen molar-refractivity contribution in [2.75, 3.05) is 7.11 Å². The van der Waals surface area contributed by atoms with Crippen molar-refractivity contribution in [3.8, 4) is 5.75 Å². The summed E-state index contributed by atoms with van der Waals surface area (Å²) in [5.41, 5.74) is 3.05. The fourth-order valence-electron chi connectivity index (χ4n) is 5.30. The quantitative estimate of drug-likeness (QED) is 0.149. The van der Waals surface area contributed by atoms with Crippen molar-refractivity contribution < 1.29 is 19.1 Å². The molecule has 5 aromatic carbocycles. The maximum absolute atomic E-state index is 14.7. The molecule has 1 amide bonds. The van der Waals surface area contributed by atoms with Crippen LogP contribution in [0, 0.1) is 0 Å². The molecule has 0 saturated heterocycles. The van der Waals surface area contributed by atoms with E-state index in [1.807, 2.05) is 146 Å². The highest BCUT2D eigenvalue weighted by molar-refractivity contribution is 5.98. The number of esters is 1. The van der Waals surface area contributed by atoms with E-state index in [0.29, 0.717) is 12.4 Å². The van der Waals surface area contributed by atoms with E-state index in [1.165, 1.54) is 7.11 Å². The molecule has 0 saturated carbocycles. The number of benzene rings is 5. The highest BCUT2D eigenvalue weighted by Gasteiger charge is 2.45. The van der Waals surface area contributed by atoms with Crippen LogP contribution in [0.1, 0.15) is 27.8 Å². The first kappa shape index (κ1) is 28.4. The lowest BCUT2D eigenvalue weighted by Gasteiger charge is -2.35. The Morgan fingerprint density at radius 1 is 0.643 bits per heavy atom. The molecule has 0 fully saturated rings. The van der Waals surface area contributed by atoms with Crippen LogP contribution in [-0.2, 0) is 32.8 Å². The minimum Gasteiger partial charge on any atom is -0.489 e. The summed E-state index contributed by atoms with van der Waals surface area (Å²) >= 11 is 0. The van der Waals surface area contributed by atoms with E-state index in [9.17, 15) is 9.59 Å². The zero-order valence-electron chi connectivity index (χ0n) is 23.5. The zero-order chi connectivity index (χ0) is 29.2. The van der Waals surface area contributed by atoms with Gasteiger partial charge in [0.15, 0.2) is 0 Å². The predicted octanol–water partition coefficient (Wildman–Crippen LogP) is 6.50. The van der Waals surface area contributed by atoms with Gasteiger partial charge in [-0.25, -0.2) is 4.79 Å². The number of hydrogen-bond donors (Lipinski definition) is 1. The van der Waals surface area contributed by atoms with Crippen molar-refractivity contribution in [1.82, 2.24) is 5.32 Å². The van der Waals surface area contributed by atoms with Gasteiger partial charge in [0.2, 0.25) is 5.91 Å². The van der Waals surface area contributed by atoms with Gasteiger partial charge in [0.1, 0.15) is 23.8 Å². The van der Waals surface area contributed by atoms with E-state index in [0.717, 1.165) is 27.8 Å². The Kier molecular flexibility index (Phi) is 9.10. The lowest BCUT2D eigenvalue weighted by molar-refractivity contribution is -0.145. The second kappa shape index (κ2) is 13.5.